The highest BCUT2D eigenvalue weighted by Crippen LogP contribution is 2.24. The molecule has 1 fully saturated rings. The minimum atomic E-state index is -0.0493. The van der Waals surface area contributed by atoms with Gasteiger partial charge in [0, 0.05) is 20.2 Å². The lowest BCUT2D eigenvalue weighted by Crippen LogP contribution is -2.40. The molecule has 1 heterocycles. The second-order valence-electron chi connectivity index (χ2n) is 8.14. The third kappa shape index (κ3) is 6.96. The quantitative estimate of drug-likeness (QED) is 0.773. The van der Waals surface area contributed by atoms with Gasteiger partial charge in [-0.25, -0.2) is 0 Å². The first-order valence-corrected chi connectivity index (χ1v) is 9.60. The number of ether oxygens (including phenoxy) is 2. The normalized spacial score (nSPS) is 16.5. The highest BCUT2D eigenvalue weighted by molar-refractivity contribution is 5.77. The first kappa shape index (κ1) is 20.7. The summed E-state index contributed by atoms with van der Waals surface area (Å²) < 4.78 is 10.7. The van der Waals surface area contributed by atoms with E-state index in [0.29, 0.717) is 5.92 Å². The Morgan fingerprint density at radius 3 is 2.42 bits per heavy atom. The fourth-order valence-corrected chi connectivity index (χ4v) is 3.14. The fraction of sp³-hybridized carbons (Fsp3) is 0.667. The van der Waals surface area contributed by atoms with Crippen LogP contribution in [0.5, 0.6) is 5.75 Å². The first-order valence-electron chi connectivity index (χ1n) is 9.60. The largest absolute Gasteiger partial charge is 0.484 e. The molecule has 0 saturated carbocycles. The van der Waals surface area contributed by atoms with Crippen molar-refractivity contribution in [3.05, 3.63) is 29.8 Å². The molecule has 1 aromatic carbocycles. The molecule has 0 unspecified atom stereocenters. The van der Waals surface area contributed by atoms with Gasteiger partial charge in [0.15, 0.2) is 6.61 Å². The van der Waals surface area contributed by atoms with Crippen molar-refractivity contribution in [3.8, 4) is 5.75 Å². The molecule has 1 aliphatic rings. The van der Waals surface area contributed by atoms with Crippen LogP contribution in [0.1, 0.15) is 39.2 Å². The van der Waals surface area contributed by atoms with E-state index in [0.717, 1.165) is 51.4 Å². The second-order valence-corrected chi connectivity index (χ2v) is 8.14. The average Bonchev–Trinajstić information content (AvgIpc) is 2.63. The summed E-state index contributed by atoms with van der Waals surface area (Å²) in [5.41, 5.74) is 1.38. The van der Waals surface area contributed by atoms with Crippen LogP contribution in [0.2, 0.25) is 0 Å². The van der Waals surface area contributed by atoms with E-state index in [2.05, 4.69) is 43.1 Å². The van der Waals surface area contributed by atoms with Crippen molar-refractivity contribution in [3.63, 3.8) is 0 Å². The van der Waals surface area contributed by atoms with Gasteiger partial charge in [-0.3, -0.25) is 4.79 Å². The summed E-state index contributed by atoms with van der Waals surface area (Å²) in [4.78, 5) is 14.5. The maximum Gasteiger partial charge on any atom is 0.257 e. The van der Waals surface area contributed by atoms with Crippen molar-refractivity contribution in [2.45, 2.75) is 39.0 Å². The molecule has 0 aliphatic carbocycles. The van der Waals surface area contributed by atoms with Crippen LogP contribution in [0.15, 0.2) is 24.3 Å². The fourth-order valence-electron chi connectivity index (χ4n) is 3.14. The molecule has 1 amide bonds. The number of nitrogens with one attached hydrogen (secondary N) is 1. The van der Waals surface area contributed by atoms with Gasteiger partial charge in [0.05, 0.1) is 6.61 Å². The van der Waals surface area contributed by atoms with Crippen molar-refractivity contribution >= 4 is 5.91 Å². The molecular formula is C21H34N2O3. The standard InChI is InChI=1S/C21H34N2O3/c1-21(2,3)18-5-7-19(8-6-18)26-16-20(24)22-15-17-9-11-23(12-10-17)13-14-25-4/h5-8,17H,9-16H2,1-4H3,(H,22,24). The van der Waals surface area contributed by atoms with Gasteiger partial charge in [-0.15, -0.1) is 0 Å². The Morgan fingerprint density at radius 2 is 1.85 bits per heavy atom. The van der Waals surface area contributed by atoms with E-state index in [1.807, 2.05) is 12.1 Å². The van der Waals surface area contributed by atoms with Crippen LogP contribution in [-0.4, -0.2) is 57.3 Å². The average molecular weight is 363 g/mol. The van der Waals surface area contributed by atoms with Crippen LogP contribution in [0.3, 0.4) is 0 Å². The van der Waals surface area contributed by atoms with Crippen LogP contribution in [0.4, 0.5) is 0 Å². The van der Waals surface area contributed by atoms with Crippen LogP contribution in [-0.2, 0) is 14.9 Å². The first-order chi connectivity index (χ1) is 12.4. The number of nitrogens with zero attached hydrogens (tertiary/aromatic N) is 1. The number of rotatable bonds is 8. The summed E-state index contributed by atoms with van der Waals surface area (Å²) in [6.07, 6.45) is 2.25. The lowest BCUT2D eigenvalue weighted by molar-refractivity contribution is -0.123. The Kier molecular flexibility index (Phi) is 7.91. The molecule has 26 heavy (non-hydrogen) atoms. The summed E-state index contributed by atoms with van der Waals surface area (Å²) in [7, 11) is 1.74. The predicted molar refractivity (Wildman–Crippen MR) is 105 cm³/mol. The summed E-state index contributed by atoms with van der Waals surface area (Å²) in [6, 6.07) is 7.99. The summed E-state index contributed by atoms with van der Waals surface area (Å²) in [5, 5.41) is 3.01. The summed E-state index contributed by atoms with van der Waals surface area (Å²) in [6.45, 7) is 11.3. The number of likely N-dealkylation sites (tertiary alicyclic amines) is 1. The van der Waals surface area contributed by atoms with Gasteiger partial charge >= 0.3 is 0 Å². The zero-order valence-corrected chi connectivity index (χ0v) is 16.7. The van der Waals surface area contributed by atoms with Crippen LogP contribution in [0.25, 0.3) is 0 Å². The molecule has 5 heteroatoms. The second kappa shape index (κ2) is 9.93. The van der Waals surface area contributed by atoms with E-state index in [4.69, 9.17) is 9.47 Å². The monoisotopic (exact) mass is 362 g/mol. The highest BCUT2D eigenvalue weighted by Gasteiger charge is 2.19. The molecule has 0 aromatic heterocycles. The molecule has 1 N–H and O–H groups in total. The van der Waals surface area contributed by atoms with E-state index in [9.17, 15) is 4.79 Å². The molecule has 5 nitrogen and oxygen atoms in total. The van der Waals surface area contributed by atoms with Gasteiger partial charge in [0.25, 0.3) is 5.91 Å². The molecule has 0 atom stereocenters. The molecule has 0 radical (unpaired) electrons. The Morgan fingerprint density at radius 1 is 1.19 bits per heavy atom. The maximum atomic E-state index is 12.0. The molecule has 146 valence electrons. The Hall–Kier alpha value is -1.59. The number of carbonyl (C=O) groups is 1. The van der Waals surface area contributed by atoms with E-state index >= 15 is 0 Å². The van der Waals surface area contributed by atoms with Crippen molar-refractivity contribution in [2.75, 3.05) is 46.5 Å². The molecule has 2 rings (SSSR count). The van der Waals surface area contributed by atoms with Crippen molar-refractivity contribution in [2.24, 2.45) is 5.92 Å². The lowest BCUT2D eigenvalue weighted by atomic mass is 9.87. The topological polar surface area (TPSA) is 50.8 Å². The molecule has 1 aromatic rings. The van der Waals surface area contributed by atoms with E-state index < -0.39 is 0 Å². The number of amides is 1. The minimum Gasteiger partial charge on any atom is -0.484 e. The predicted octanol–water partition coefficient (Wildman–Crippen LogP) is 2.84. The van der Waals surface area contributed by atoms with Crippen LogP contribution in [0, 0.1) is 5.92 Å². The van der Waals surface area contributed by atoms with Crippen molar-refractivity contribution in [1.29, 1.82) is 0 Å². The van der Waals surface area contributed by atoms with Gasteiger partial charge in [-0.1, -0.05) is 32.9 Å². The molecule has 1 aliphatic heterocycles. The van der Waals surface area contributed by atoms with Crippen molar-refractivity contribution < 1.29 is 14.3 Å². The van der Waals surface area contributed by atoms with Crippen molar-refractivity contribution in [1.82, 2.24) is 10.2 Å². The number of carbonyl (C=O) groups excluding carboxylic acids is 1. The maximum absolute atomic E-state index is 12.0. The molecule has 0 bridgehead atoms. The van der Waals surface area contributed by atoms with Crippen LogP contribution >= 0.6 is 0 Å². The molecule has 1 saturated heterocycles. The van der Waals surface area contributed by atoms with E-state index in [-0.39, 0.29) is 17.9 Å². The molecule has 0 spiro atoms. The van der Waals surface area contributed by atoms with Gasteiger partial charge in [0.1, 0.15) is 5.75 Å². The molecular weight excluding hydrogens is 328 g/mol. The van der Waals surface area contributed by atoms with Gasteiger partial charge < -0.3 is 19.7 Å². The van der Waals surface area contributed by atoms with Crippen LogP contribution < -0.4 is 10.1 Å². The zero-order chi connectivity index (χ0) is 19.0. The van der Waals surface area contributed by atoms with Gasteiger partial charge in [0.2, 0.25) is 0 Å². The number of hydrogen-bond acceptors (Lipinski definition) is 4. The van der Waals surface area contributed by atoms with E-state index in [1.54, 1.807) is 7.11 Å². The Labute approximate surface area is 158 Å². The minimum absolute atomic E-state index is 0.0493. The third-order valence-corrected chi connectivity index (χ3v) is 5.00. The number of piperidine rings is 1. The van der Waals surface area contributed by atoms with Gasteiger partial charge in [-0.05, 0) is 55.0 Å². The zero-order valence-electron chi connectivity index (χ0n) is 16.7. The Bertz CT molecular complexity index is 543. The van der Waals surface area contributed by atoms with Gasteiger partial charge in [-0.2, -0.15) is 0 Å². The number of hydrogen-bond donors (Lipinski definition) is 1. The smallest absolute Gasteiger partial charge is 0.257 e. The SMILES string of the molecule is COCCN1CCC(CNC(=O)COc2ccc(C(C)(C)C)cc2)CC1. The lowest BCUT2D eigenvalue weighted by Gasteiger charge is -2.31. The summed E-state index contributed by atoms with van der Waals surface area (Å²) >= 11 is 0. The third-order valence-electron chi connectivity index (χ3n) is 5.00. The Balaban J connectivity index is 1.64. The number of benzene rings is 1. The number of methoxy groups -OCH3 is 1. The highest BCUT2D eigenvalue weighted by atomic mass is 16.5. The summed E-state index contributed by atoms with van der Waals surface area (Å²) in [5.74, 6) is 1.25. The van der Waals surface area contributed by atoms with E-state index in [1.165, 1.54) is 5.56 Å².